The van der Waals surface area contributed by atoms with Crippen LogP contribution >= 0.6 is 0 Å². The molecular weight excluding hydrogens is 587 g/mol. The van der Waals surface area contributed by atoms with Gasteiger partial charge in [-0.05, 0) is 73.4 Å². The molecule has 1 N–H and O–H groups in total. The summed E-state index contributed by atoms with van der Waals surface area (Å²) < 4.78 is 84.9. The highest BCUT2D eigenvalue weighted by molar-refractivity contribution is 7.86. The molecule has 0 spiro atoms. The Bertz CT molecular complexity index is 1460. The molecule has 0 radical (unpaired) electrons. The van der Waals surface area contributed by atoms with Gasteiger partial charge in [0.05, 0.1) is 38.5 Å². The van der Waals surface area contributed by atoms with Crippen molar-refractivity contribution in [1.29, 1.82) is 0 Å². The summed E-state index contributed by atoms with van der Waals surface area (Å²) in [6, 6.07) is 3.24. The van der Waals surface area contributed by atoms with Crippen LogP contribution in [-0.2, 0) is 40.0 Å². The van der Waals surface area contributed by atoms with Crippen molar-refractivity contribution in [2.75, 3.05) is 19.5 Å². The zero-order valence-corrected chi connectivity index (χ0v) is 25.0. The Morgan fingerprint density at radius 2 is 1.84 bits per heavy atom. The van der Waals surface area contributed by atoms with Crippen molar-refractivity contribution in [3.8, 4) is 11.1 Å². The number of ether oxygens (including phenoxy) is 2. The van der Waals surface area contributed by atoms with Crippen LogP contribution in [0.2, 0.25) is 0 Å². The molecule has 8 nitrogen and oxygen atoms in total. The van der Waals surface area contributed by atoms with Crippen molar-refractivity contribution in [2.45, 2.75) is 63.7 Å². The lowest BCUT2D eigenvalue weighted by Gasteiger charge is -2.24. The molecule has 0 heterocycles. The van der Waals surface area contributed by atoms with E-state index in [4.69, 9.17) is 13.7 Å². The Hall–Kier alpha value is -3.48. The maximum Gasteiger partial charge on any atom is 0.308 e. The van der Waals surface area contributed by atoms with E-state index in [0.717, 1.165) is 12.3 Å². The van der Waals surface area contributed by atoms with Crippen LogP contribution < -0.4 is 5.32 Å². The van der Waals surface area contributed by atoms with Crippen molar-refractivity contribution in [3.05, 3.63) is 83.7 Å². The van der Waals surface area contributed by atoms with Gasteiger partial charge in [0, 0.05) is 17.2 Å². The van der Waals surface area contributed by atoms with Gasteiger partial charge in [-0.1, -0.05) is 12.2 Å². The first-order chi connectivity index (χ1) is 20.4. The Morgan fingerprint density at radius 3 is 2.44 bits per heavy atom. The molecule has 43 heavy (non-hydrogen) atoms. The van der Waals surface area contributed by atoms with Gasteiger partial charge in [-0.25, -0.2) is 13.2 Å². The number of hydrogen-bond acceptors (Lipinski definition) is 7. The maximum atomic E-state index is 16.2. The molecule has 1 fully saturated rings. The molecule has 234 valence electrons. The Kier molecular flexibility index (Phi) is 12.1. The Labute approximate surface area is 250 Å². The summed E-state index contributed by atoms with van der Waals surface area (Å²) in [5, 5.41) is 2.55. The number of rotatable bonds is 17. The van der Waals surface area contributed by atoms with E-state index in [-0.39, 0.29) is 66.4 Å². The smallest absolute Gasteiger partial charge is 0.308 e. The molecular formula is C31H36F3NO7S. The third kappa shape index (κ3) is 9.77. The van der Waals surface area contributed by atoms with Crippen LogP contribution in [0.3, 0.4) is 0 Å². The second-order valence-corrected chi connectivity index (χ2v) is 11.8. The second-order valence-electron chi connectivity index (χ2n) is 10.2. The number of amides is 1. The lowest BCUT2D eigenvalue weighted by molar-refractivity contribution is -0.144. The molecule has 0 unspecified atom stereocenters. The normalized spacial score (nSPS) is 14.5. The zero-order chi connectivity index (χ0) is 31.7. The minimum Gasteiger partial charge on any atom is -0.466 e. The second kappa shape index (κ2) is 15.3. The number of nitrogens with one attached hydrogen (secondary N) is 1. The summed E-state index contributed by atoms with van der Waals surface area (Å²) >= 11 is 0. The summed E-state index contributed by atoms with van der Waals surface area (Å²) in [7, 11) is -4.07. The Morgan fingerprint density at radius 1 is 1.12 bits per heavy atom. The van der Waals surface area contributed by atoms with E-state index in [0.29, 0.717) is 18.9 Å². The topological polar surface area (TPSA) is 108 Å². The number of halogens is 3. The highest BCUT2D eigenvalue weighted by Crippen LogP contribution is 2.45. The van der Waals surface area contributed by atoms with E-state index in [2.05, 4.69) is 18.5 Å². The first kappa shape index (κ1) is 34.0. The predicted molar refractivity (Wildman–Crippen MR) is 155 cm³/mol. The fourth-order valence-electron chi connectivity index (χ4n) is 4.67. The van der Waals surface area contributed by atoms with E-state index >= 15 is 8.78 Å². The van der Waals surface area contributed by atoms with Gasteiger partial charge in [0.15, 0.2) is 6.10 Å². The van der Waals surface area contributed by atoms with Crippen LogP contribution in [-0.4, -0.2) is 45.9 Å². The molecule has 0 aromatic heterocycles. The number of hydrogen-bond donors (Lipinski definition) is 1. The molecule has 3 rings (SSSR count). The summed E-state index contributed by atoms with van der Waals surface area (Å²) in [5.74, 6) is -4.30. The lowest BCUT2D eigenvalue weighted by Crippen LogP contribution is -2.40. The molecule has 12 heteroatoms. The van der Waals surface area contributed by atoms with Crippen molar-refractivity contribution >= 4 is 22.0 Å². The minimum absolute atomic E-state index is 0.0172. The monoisotopic (exact) mass is 623 g/mol. The molecule has 1 aliphatic carbocycles. The lowest BCUT2D eigenvalue weighted by atomic mass is 9.90. The van der Waals surface area contributed by atoms with E-state index in [1.165, 1.54) is 24.3 Å². The van der Waals surface area contributed by atoms with Crippen molar-refractivity contribution < 1.29 is 44.8 Å². The third-order valence-corrected chi connectivity index (χ3v) is 7.23. The SMILES string of the molecule is C=CCC[C@@H](OS(C)(=O)=O)C(=O)N[C@@H](CC(=O)OCC)c1cc(-c2c(F)cc(F)cc2COCC=C)cc(C2CC2)c1F. The number of esters is 1. The van der Waals surface area contributed by atoms with Gasteiger partial charge in [0.2, 0.25) is 0 Å². The molecule has 1 aliphatic rings. The van der Waals surface area contributed by atoms with Crippen LogP contribution in [0.4, 0.5) is 13.2 Å². The molecule has 2 atom stereocenters. The average Bonchev–Trinajstić information content (AvgIpc) is 3.76. The largest absolute Gasteiger partial charge is 0.466 e. The zero-order valence-electron chi connectivity index (χ0n) is 24.2. The standard InChI is InChI=1S/C31H36F3NO7S/c1-5-8-9-27(42-43(4,38)39)31(37)35-26(17-28(36)41-7-3)24-15-20(14-23(30(24)34)19-10-11-19)29-21(18-40-12-6-2)13-22(32)16-25(29)33/h5-6,13-16,19,26-27H,1-2,7-12,17-18H2,3-4H3,(H,35,37)/t26-,27+/m0/s1. The number of benzene rings is 2. The summed E-state index contributed by atoms with van der Waals surface area (Å²) in [4.78, 5) is 25.9. The van der Waals surface area contributed by atoms with Gasteiger partial charge < -0.3 is 14.8 Å². The fourth-order valence-corrected chi connectivity index (χ4v) is 5.27. The summed E-state index contributed by atoms with van der Waals surface area (Å²) in [6.45, 7) is 8.68. The minimum atomic E-state index is -4.07. The quantitative estimate of drug-likeness (QED) is 0.103. The molecule has 1 amide bonds. The van der Waals surface area contributed by atoms with E-state index < -0.39 is 58.0 Å². The van der Waals surface area contributed by atoms with Gasteiger partial charge in [0.25, 0.3) is 16.0 Å². The Balaban J connectivity index is 2.16. The first-order valence-corrected chi connectivity index (χ1v) is 15.7. The van der Waals surface area contributed by atoms with Gasteiger partial charge in [-0.2, -0.15) is 8.42 Å². The van der Waals surface area contributed by atoms with E-state index in [1.807, 2.05) is 0 Å². The highest BCUT2D eigenvalue weighted by atomic mass is 32.2. The number of allylic oxidation sites excluding steroid dienone is 1. The summed E-state index contributed by atoms with van der Waals surface area (Å²) in [5.41, 5.74) is 0.415. The number of carbonyl (C=O) groups excluding carboxylic acids is 2. The fraction of sp³-hybridized carbons (Fsp3) is 0.419. The molecule has 2 aromatic carbocycles. The van der Waals surface area contributed by atoms with E-state index in [1.54, 1.807) is 6.92 Å². The van der Waals surface area contributed by atoms with Crippen molar-refractivity contribution in [1.82, 2.24) is 5.32 Å². The molecule has 1 saturated carbocycles. The van der Waals surface area contributed by atoms with Crippen LogP contribution in [0.25, 0.3) is 11.1 Å². The van der Waals surface area contributed by atoms with Gasteiger partial charge >= 0.3 is 5.97 Å². The van der Waals surface area contributed by atoms with Gasteiger partial charge in [0.1, 0.15) is 17.5 Å². The molecule has 0 saturated heterocycles. The van der Waals surface area contributed by atoms with Crippen LogP contribution in [0.15, 0.2) is 49.6 Å². The molecule has 0 bridgehead atoms. The molecule has 0 aliphatic heterocycles. The average molecular weight is 624 g/mol. The van der Waals surface area contributed by atoms with Crippen LogP contribution in [0.1, 0.15) is 67.7 Å². The molecule has 2 aromatic rings. The number of carbonyl (C=O) groups is 2. The van der Waals surface area contributed by atoms with Crippen LogP contribution in [0.5, 0.6) is 0 Å². The first-order valence-electron chi connectivity index (χ1n) is 13.8. The third-order valence-electron chi connectivity index (χ3n) is 6.65. The van der Waals surface area contributed by atoms with Crippen molar-refractivity contribution in [2.24, 2.45) is 0 Å². The maximum absolute atomic E-state index is 16.2. The predicted octanol–water partition coefficient (Wildman–Crippen LogP) is 5.77. The summed E-state index contributed by atoms with van der Waals surface area (Å²) in [6.07, 6.45) is 3.24. The van der Waals surface area contributed by atoms with Crippen molar-refractivity contribution in [3.63, 3.8) is 0 Å². The van der Waals surface area contributed by atoms with Gasteiger partial charge in [-0.15, -0.1) is 13.2 Å². The van der Waals surface area contributed by atoms with Crippen LogP contribution in [0, 0.1) is 17.5 Å². The van der Waals surface area contributed by atoms with E-state index in [9.17, 15) is 22.4 Å². The highest BCUT2D eigenvalue weighted by Gasteiger charge is 2.34. The van der Waals surface area contributed by atoms with Gasteiger partial charge in [-0.3, -0.25) is 13.8 Å².